The number of ether oxygens (including phenoxy) is 4. The van der Waals surface area contributed by atoms with Crippen molar-refractivity contribution in [1.82, 2.24) is 0 Å². The van der Waals surface area contributed by atoms with Gasteiger partial charge in [-0.15, -0.1) is 0 Å². The number of carbonyl (C=O) groups is 4. The Morgan fingerprint density at radius 2 is 0.464 bits per heavy atom. The third-order valence-corrected chi connectivity index (χ3v) is 20.2. The Kier molecular flexibility index (Phi) is 80.1. The van der Waals surface area contributed by atoms with Crippen LogP contribution in [0.1, 0.15) is 362 Å². The molecule has 0 rings (SSSR count). The van der Waals surface area contributed by atoms with Gasteiger partial charge >= 0.3 is 39.5 Å². The van der Waals surface area contributed by atoms with Crippen molar-refractivity contribution in [2.45, 2.75) is 380 Å². The SMILES string of the molecule is CC/C=C\C/C=C\C/C=C\C/C=C\C/C=C\CCCCCC(=O)OCC(COP(=O)(O)OCC(O)COP(=O)(O)OCC(COC(=O)CCCCCCCC/C=C\C/C=C\C/C=C\CCCCC)OC(=O)CCCCCCCC/C=C\C/C=C\C/C=C\CCCCC)OC(=O)CCCCCCC/C=C\CCCCCCCC. The lowest BCUT2D eigenvalue weighted by atomic mass is 10.1. The molecule has 0 radical (unpaired) electrons. The van der Waals surface area contributed by atoms with Gasteiger partial charge in [0.15, 0.2) is 12.2 Å². The van der Waals surface area contributed by atoms with E-state index in [0.29, 0.717) is 25.7 Å². The fourth-order valence-electron chi connectivity index (χ4n) is 11.5. The van der Waals surface area contributed by atoms with Crippen LogP contribution in [0, 0.1) is 0 Å². The number of aliphatic hydroxyl groups excluding tert-OH is 1. The Hall–Kier alpha value is -5.06. The van der Waals surface area contributed by atoms with Crippen LogP contribution in [0.5, 0.6) is 0 Å². The number of unbranched alkanes of at least 4 members (excludes halogenated alkanes) is 32. The number of allylic oxidation sites excluding steroid dienone is 24. The molecule has 642 valence electrons. The van der Waals surface area contributed by atoms with Crippen molar-refractivity contribution >= 4 is 39.5 Å². The number of rotatable bonds is 82. The molecule has 0 aromatic rings. The highest BCUT2D eigenvalue weighted by atomic mass is 31.2. The van der Waals surface area contributed by atoms with E-state index >= 15 is 0 Å². The van der Waals surface area contributed by atoms with E-state index in [1.165, 1.54) is 77.0 Å². The topological polar surface area (TPSA) is 237 Å². The van der Waals surface area contributed by atoms with E-state index in [4.69, 9.17) is 37.0 Å². The number of phosphoric acid groups is 2. The molecule has 0 fully saturated rings. The first-order valence-corrected chi connectivity index (χ1v) is 47.1. The van der Waals surface area contributed by atoms with Gasteiger partial charge in [0.05, 0.1) is 26.4 Å². The van der Waals surface area contributed by atoms with E-state index in [0.717, 1.165) is 205 Å². The van der Waals surface area contributed by atoms with Crippen LogP contribution in [0.4, 0.5) is 0 Å². The van der Waals surface area contributed by atoms with E-state index in [1.54, 1.807) is 0 Å². The zero-order chi connectivity index (χ0) is 81.7. The summed E-state index contributed by atoms with van der Waals surface area (Å²) >= 11 is 0. The Labute approximate surface area is 681 Å². The Balaban J connectivity index is 5.45. The molecule has 5 atom stereocenters. The van der Waals surface area contributed by atoms with Crippen LogP contribution in [0.2, 0.25) is 0 Å². The van der Waals surface area contributed by atoms with Crippen molar-refractivity contribution in [3.8, 4) is 0 Å². The average Bonchev–Trinajstić information content (AvgIpc) is 0.898. The zero-order valence-corrected chi connectivity index (χ0v) is 72.3. The molecular weight excluding hydrogens is 1450 g/mol. The van der Waals surface area contributed by atoms with E-state index in [1.807, 2.05) is 0 Å². The number of aliphatic hydroxyl groups is 1. The minimum Gasteiger partial charge on any atom is -0.462 e. The molecule has 0 saturated heterocycles. The van der Waals surface area contributed by atoms with Crippen molar-refractivity contribution in [2.75, 3.05) is 39.6 Å². The maximum atomic E-state index is 13.2. The summed E-state index contributed by atoms with van der Waals surface area (Å²) in [7, 11) is -10.00. The van der Waals surface area contributed by atoms with Crippen LogP contribution < -0.4 is 0 Å². The van der Waals surface area contributed by atoms with Crippen molar-refractivity contribution in [1.29, 1.82) is 0 Å². The summed E-state index contributed by atoms with van der Waals surface area (Å²) in [5.41, 5.74) is 0. The lowest BCUT2D eigenvalue weighted by Gasteiger charge is -2.21. The summed E-state index contributed by atoms with van der Waals surface area (Å²) in [4.78, 5) is 73.4. The van der Waals surface area contributed by atoms with Gasteiger partial charge in [-0.05, 0) is 173 Å². The highest BCUT2D eigenvalue weighted by molar-refractivity contribution is 7.47. The number of hydrogen-bond acceptors (Lipinski definition) is 15. The fraction of sp³-hybridized carbons (Fsp3) is 0.699. The summed E-state index contributed by atoms with van der Waals surface area (Å²) in [6, 6.07) is 0. The van der Waals surface area contributed by atoms with Crippen LogP contribution in [0.15, 0.2) is 146 Å². The maximum absolute atomic E-state index is 13.2. The predicted octanol–water partition coefficient (Wildman–Crippen LogP) is 26.6. The normalized spacial score (nSPS) is 14.5. The second kappa shape index (κ2) is 83.9. The molecule has 0 aliphatic carbocycles. The smallest absolute Gasteiger partial charge is 0.462 e. The molecule has 112 heavy (non-hydrogen) atoms. The number of phosphoric ester groups is 2. The molecular formula is C93H158O17P2. The van der Waals surface area contributed by atoms with Gasteiger partial charge in [0.2, 0.25) is 0 Å². The monoisotopic (exact) mass is 1610 g/mol. The molecule has 3 N–H and O–H groups in total. The summed E-state index contributed by atoms with van der Waals surface area (Å²) in [6.07, 6.45) is 97.9. The number of esters is 4. The van der Waals surface area contributed by atoms with Crippen molar-refractivity contribution in [3.05, 3.63) is 146 Å². The van der Waals surface area contributed by atoms with Gasteiger partial charge in [0, 0.05) is 25.7 Å². The van der Waals surface area contributed by atoms with Crippen molar-refractivity contribution < 1.29 is 80.2 Å². The molecule has 0 aliphatic heterocycles. The minimum absolute atomic E-state index is 0.0734. The summed E-state index contributed by atoms with van der Waals surface area (Å²) < 4.78 is 68.9. The van der Waals surface area contributed by atoms with E-state index in [2.05, 4.69) is 174 Å². The number of carbonyl (C=O) groups excluding carboxylic acids is 4. The fourth-order valence-corrected chi connectivity index (χ4v) is 13.1. The molecule has 0 saturated carbocycles. The quantitative estimate of drug-likeness (QED) is 0.0169. The van der Waals surface area contributed by atoms with Gasteiger partial charge in [-0.1, -0.05) is 308 Å². The van der Waals surface area contributed by atoms with Gasteiger partial charge in [0.25, 0.3) is 0 Å². The first kappa shape index (κ1) is 107. The highest BCUT2D eigenvalue weighted by Crippen LogP contribution is 2.45. The predicted molar refractivity (Wildman–Crippen MR) is 464 cm³/mol. The second-order valence-electron chi connectivity index (χ2n) is 29.1. The second-order valence-corrected chi connectivity index (χ2v) is 32.0. The standard InChI is InChI=1S/C93H158O17P2/c1-5-9-13-17-21-25-29-33-37-40-43-46-50-53-57-61-65-69-73-77-90(95)103-83-88(109-92(97)79-75-71-67-63-59-55-49-36-32-28-24-20-16-12-8-4)85-107-111(99,100)105-81-87(94)82-106-112(101,102)108-86-89(110-93(98)80-76-72-68-64-60-56-52-48-45-42-39-35-31-27-23-19-15-11-7-3)84-104-91(96)78-74-70-66-62-58-54-51-47-44-41-38-34-30-26-22-18-14-10-6-2/h9,13,21-23,25-27,33-39,43-49,53,57,87-89,94H,5-8,10-12,14-20,24,28-32,40-42,50-52,54-56,58-86H2,1-4H3,(H,99,100)(H,101,102)/b13-9-,25-21-,26-22-,27-23-,37-33-,38-34-,39-35-,46-43-,47-44-,48-45-,49-36-,57-53-. The first-order valence-electron chi connectivity index (χ1n) is 44.1. The molecule has 0 aromatic carbocycles. The maximum Gasteiger partial charge on any atom is 0.472 e. The largest absolute Gasteiger partial charge is 0.472 e. The summed E-state index contributed by atoms with van der Waals surface area (Å²) in [6.45, 7) is 4.67. The summed E-state index contributed by atoms with van der Waals surface area (Å²) in [5, 5.41) is 10.7. The van der Waals surface area contributed by atoms with Crippen molar-refractivity contribution in [2.24, 2.45) is 0 Å². The molecule has 0 spiro atoms. The molecule has 19 heteroatoms. The van der Waals surface area contributed by atoms with E-state index in [9.17, 15) is 43.2 Å². The lowest BCUT2D eigenvalue weighted by Crippen LogP contribution is -2.30. The molecule has 0 bridgehead atoms. The molecule has 0 heterocycles. The average molecular weight is 1610 g/mol. The van der Waals surface area contributed by atoms with Crippen molar-refractivity contribution in [3.63, 3.8) is 0 Å². The Bertz CT molecular complexity index is 2690. The van der Waals surface area contributed by atoms with Gasteiger partial charge in [-0.2, -0.15) is 0 Å². The molecule has 0 aromatic heterocycles. The Morgan fingerprint density at radius 1 is 0.259 bits per heavy atom. The highest BCUT2D eigenvalue weighted by Gasteiger charge is 2.30. The van der Waals surface area contributed by atoms with Crippen LogP contribution in [-0.4, -0.2) is 96.7 Å². The van der Waals surface area contributed by atoms with E-state index < -0.39 is 97.5 Å². The summed E-state index contributed by atoms with van der Waals surface area (Å²) in [5.74, 6) is -2.24. The van der Waals surface area contributed by atoms with Gasteiger partial charge < -0.3 is 33.8 Å². The number of hydrogen-bond donors (Lipinski definition) is 3. The van der Waals surface area contributed by atoms with E-state index in [-0.39, 0.29) is 25.7 Å². The van der Waals surface area contributed by atoms with Gasteiger partial charge in [0.1, 0.15) is 19.3 Å². The Morgan fingerprint density at radius 3 is 0.750 bits per heavy atom. The van der Waals surface area contributed by atoms with Crippen LogP contribution in [0.25, 0.3) is 0 Å². The molecule has 0 aliphatic rings. The van der Waals surface area contributed by atoms with Crippen LogP contribution >= 0.6 is 15.6 Å². The van der Waals surface area contributed by atoms with Gasteiger partial charge in [-0.3, -0.25) is 37.3 Å². The van der Waals surface area contributed by atoms with Crippen LogP contribution in [-0.2, 0) is 65.4 Å². The first-order chi connectivity index (χ1) is 54.7. The molecule has 17 nitrogen and oxygen atoms in total. The molecule has 0 amide bonds. The lowest BCUT2D eigenvalue weighted by molar-refractivity contribution is -0.161. The van der Waals surface area contributed by atoms with Gasteiger partial charge in [-0.25, -0.2) is 9.13 Å². The third-order valence-electron chi connectivity index (χ3n) is 18.3. The van der Waals surface area contributed by atoms with Crippen LogP contribution in [0.3, 0.4) is 0 Å². The minimum atomic E-state index is -5.00. The molecule has 5 unspecified atom stereocenters. The zero-order valence-electron chi connectivity index (χ0n) is 70.6. The third kappa shape index (κ3) is 82.9.